The van der Waals surface area contributed by atoms with E-state index < -0.39 is 6.04 Å². The summed E-state index contributed by atoms with van der Waals surface area (Å²) in [5, 5.41) is 2.97. The van der Waals surface area contributed by atoms with Crippen molar-refractivity contribution in [3.63, 3.8) is 0 Å². The summed E-state index contributed by atoms with van der Waals surface area (Å²) in [5.74, 6) is 0.292. The van der Waals surface area contributed by atoms with Gasteiger partial charge in [0.2, 0.25) is 5.91 Å². The Morgan fingerprint density at radius 3 is 2.47 bits per heavy atom. The summed E-state index contributed by atoms with van der Waals surface area (Å²) in [6, 6.07) is -0.340. The third-order valence-electron chi connectivity index (χ3n) is 2.84. The van der Waals surface area contributed by atoms with Gasteiger partial charge in [0.15, 0.2) is 0 Å². The predicted molar refractivity (Wildman–Crippen MR) is 70.8 cm³/mol. The molecule has 0 aromatic carbocycles. The van der Waals surface area contributed by atoms with Gasteiger partial charge in [0.1, 0.15) is 0 Å². The highest BCUT2D eigenvalue weighted by Gasteiger charge is 2.20. The topological polar surface area (TPSA) is 64.4 Å². The molecule has 1 amide bonds. The second-order valence-corrected chi connectivity index (χ2v) is 4.77. The number of hydrogen-bond donors (Lipinski definition) is 2. The molecule has 102 valence electrons. The first kappa shape index (κ1) is 16.4. The molecule has 0 aliphatic heterocycles. The number of rotatable bonds is 9. The normalized spacial score (nSPS) is 14.7. The Kier molecular flexibility index (Phi) is 9.09. The van der Waals surface area contributed by atoms with E-state index in [9.17, 15) is 4.79 Å². The minimum atomic E-state index is -0.391. The molecule has 0 saturated heterocycles. The van der Waals surface area contributed by atoms with E-state index in [1.807, 2.05) is 6.92 Å². The number of nitrogens with two attached hydrogens (primary N) is 1. The average Bonchev–Trinajstić information content (AvgIpc) is 2.30. The maximum Gasteiger partial charge on any atom is 0.237 e. The average molecular weight is 244 g/mol. The van der Waals surface area contributed by atoms with Gasteiger partial charge in [0.25, 0.3) is 0 Å². The van der Waals surface area contributed by atoms with Crippen molar-refractivity contribution in [2.75, 3.05) is 13.2 Å². The molecule has 0 aromatic rings. The van der Waals surface area contributed by atoms with Crippen LogP contribution in [0.25, 0.3) is 0 Å². The van der Waals surface area contributed by atoms with Crippen LogP contribution in [0.4, 0.5) is 0 Å². The molecule has 2 atom stereocenters. The van der Waals surface area contributed by atoms with Gasteiger partial charge in [-0.3, -0.25) is 4.79 Å². The van der Waals surface area contributed by atoms with Gasteiger partial charge >= 0.3 is 0 Å². The minimum absolute atomic E-state index is 0.0510. The van der Waals surface area contributed by atoms with E-state index >= 15 is 0 Å². The molecule has 2 unspecified atom stereocenters. The van der Waals surface area contributed by atoms with Crippen LogP contribution >= 0.6 is 0 Å². The lowest BCUT2D eigenvalue weighted by molar-refractivity contribution is -0.124. The molecule has 4 heteroatoms. The van der Waals surface area contributed by atoms with Crippen molar-refractivity contribution in [2.45, 2.75) is 59.0 Å². The van der Waals surface area contributed by atoms with Crippen LogP contribution in [0, 0.1) is 5.92 Å². The lowest BCUT2D eigenvalue weighted by Crippen LogP contribution is -2.49. The van der Waals surface area contributed by atoms with Gasteiger partial charge < -0.3 is 15.8 Å². The van der Waals surface area contributed by atoms with Crippen molar-refractivity contribution < 1.29 is 9.53 Å². The summed E-state index contributed by atoms with van der Waals surface area (Å²) < 4.78 is 5.36. The van der Waals surface area contributed by atoms with Crippen molar-refractivity contribution in [1.82, 2.24) is 5.32 Å². The fraction of sp³-hybridized carbons (Fsp3) is 0.923. The lowest BCUT2D eigenvalue weighted by atomic mass is 10.0. The van der Waals surface area contributed by atoms with Gasteiger partial charge in [-0.15, -0.1) is 0 Å². The Morgan fingerprint density at radius 1 is 1.35 bits per heavy atom. The Hall–Kier alpha value is -0.610. The van der Waals surface area contributed by atoms with E-state index in [1.165, 1.54) is 0 Å². The number of unbranched alkanes of at least 4 members (excludes halogenated alkanes) is 1. The maximum atomic E-state index is 11.8. The lowest BCUT2D eigenvalue weighted by Gasteiger charge is -2.24. The molecule has 17 heavy (non-hydrogen) atoms. The van der Waals surface area contributed by atoms with Crippen molar-refractivity contribution in [3.8, 4) is 0 Å². The van der Waals surface area contributed by atoms with Crippen LogP contribution in [0.5, 0.6) is 0 Å². The molecule has 0 radical (unpaired) electrons. The Balaban J connectivity index is 4.10. The summed E-state index contributed by atoms with van der Waals surface area (Å²) in [7, 11) is 0. The molecule has 3 N–H and O–H groups in total. The van der Waals surface area contributed by atoms with Gasteiger partial charge in [-0.1, -0.05) is 33.6 Å². The Morgan fingerprint density at radius 2 is 2.00 bits per heavy atom. The van der Waals surface area contributed by atoms with Crippen molar-refractivity contribution in [1.29, 1.82) is 0 Å². The molecular weight excluding hydrogens is 216 g/mol. The van der Waals surface area contributed by atoms with Gasteiger partial charge in [0.05, 0.1) is 18.7 Å². The molecule has 0 heterocycles. The quantitative estimate of drug-likeness (QED) is 0.648. The molecule has 4 nitrogen and oxygen atoms in total. The zero-order valence-electron chi connectivity index (χ0n) is 11.7. The minimum Gasteiger partial charge on any atom is -0.380 e. The van der Waals surface area contributed by atoms with E-state index in [0.717, 1.165) is 19.3 Å². The first-order valence-electron chi connectivity index (χ1n) is 6.66. The first-order valence-corrected chi connectivity index (χ1v) is 6.66. The van der Waals surface area contributed by atoms with Crippen molar-refractivity contribution in [2.24, 2.45) is 11.7 Å². The predicted octanol–water partition coefficient (Wildman–Crippen LogP) is 1.68. The van der Waals surface area contributed by atoms with Gasteiger partial charge in [-0.25, -0.2) is 0 Å². The molecule has 0 spiro atoms. The highest BCUT2D eigenvalue weighted by molar-refractivity contribution is 5.81. The summed E-state index contributed by atoms with van der Waals surface area (Å²) >= 11 is 0. The van der Waals surface area contributed by atoms with Crippen LogP contribution in [0.3, 0.4) is 0 Å². The zero-order valence-corrected chi connectivity index (χ0v) is 11.7. The van der Waals surface area contributed by atoms with E-state index in [-0.39, 0.29) is 11.9 Å². The van der Waals surface area contributed by atoms with Crippen LogP contribution in [0.15, 0.2) is 0 Å². The third kappa shape index (κ3) is 7.34. The molecule has 0 aliphatic carbocycles. The number of carbonyl (C=O) groups excluding carboxylic acids is 1. The van der Waals surface area contributed by atoms with Crippen LogP contribution in [-0.2, 0) is 9.53 Å². The molecular formula is C13H28N2O2. The maximum absolute atomic E-state index is 11.8. The smallest absolute Gasteiger partial charge is 0.237 e. The zero-order chi connectivity index (χ0) is 13.3. The highest BCUT2D eigenvalue weighted by atomic mass is 16.5. The number of amides is 1. The van der Waals surface area contributed by atoms with Gasteiger partial charge in [0, 0.05) is 6.61 Å². The molecule has 0 saturated carbocycles. The SMILES string of the molecule is CCCCC(N)C(=O)NC(COCC)C(C)C. The number of ether oxygens (including phenoxy) is 1. The fourth-order valence-electron chi connectivity index (χ4n) is 1.49. The molecule has 0 aliphatic rings. The summed E-state index contributed by atoms with van der Waals surface area (Å²) in [6.07, 6.45) is 2.81. The molecule has 0 bridgehead atoms. The van der Waals surface area contributed by atoms with Crippen LogP contribution < -0.4 is 11.1 Å². The summed E-state index contributed by atoms with van der Waals surface area (Å²) in [4.78, 5) is 11.8. The third-order valence-corrected chi connectivity index (χ3v) is 2.84. The molecule has 0 fully saturated rings. The molecule has 0 aromatic heterocycles. The van der Waals surface area contributed by atoms with Crippen LogP contribution in [-0.4, -0.2) is 31.2 Å². The van der Waals surface area contributed by atoms with Crippen molar-refractivity contribution in [3.05, 3.63) is 0 Å². The number of carbonyl (C=O) groups is 1. The standard InChI is InChI=1S/C13H28N2O2/c1-5-7-8-11(14)13(16)15-12(10(3)4)9-17-6-2/h10-12H,5-9,14H2,1-4H3,(H,15,16). The van der Waals surface area contributed by atoms with Crippen LogP contribution in [0.2, 0.25) is 0 Å². The fourth-order valence-corrected chi connectivity index (χ4v) is 1.49. The van der Waals surface area contributed by atoms with Gasteiger partial charge in [-0.2, -0.15) is 0 Å². The largest absolute Gasteiger partial charge is 0.380 e. The second-order valence-electron chi connectivity index (χ2n) is 4.77. The highest BCUT2D eigenvalue weighted by Crippen LogP contribution is 2.04. The molecule has 0 rings (SSSR count). The summed E-state index contributed by atoms with van der Waals surface area (Å²) in [6.45, 7) is 9.41. The van der Waals surface area contributed by atoms with Crippen LogP contribution in [0.1, 0.15) is 47.0 Å². The monoisotopic (exact) mass is 244 g/mol. The Labute approximate surface area is 105 Å². The van der Waals surface area contributed by atoms with Crippen molar-refractivity contribution >= 4 is 5.91 Å². The Bertz CT molecular complexity index is 208. The second kappa shape index (κ2) is 9.42. The van der Waals surface area contributed by atoms with E-state index in [0.29, 0.717) is 19.1 Å². The summed E-state index contributed by atoms with van der Waals surface area (Å²) in [5.41, 5.74) is 5.83. The van der Waals surface area contributed by atoms with E-state index in [4.69, 9.17) is 10.5 Å². The van der Waals surface area contributed by atoms with E-state index in [1.54, 1.807) is 0 Å². The number of nitrogens with one attached hydrogen (secondary N) is 1. The van der Waals surface area contributed by atoms with Gasteiger partial charge in [-0.05, 0) is 19.3 Å². The first-order chi connectivity index (χ1) is 8.02. The number of hydrogen-bond acceptors (Lipinski definition) is 3. The van der Waals surface area contributed by atoms with E-state index in [2.05, 4.69) is 26.1 Å².